The summed E-state index contributed by atoms with van der Waals surface area (Å²) in [4.78, 5) is 2.07. The predicted octanol–water partition coefficient (Wildman–Crippen LogP) is 6.78. The van der Waals surface area contributed by atoms with Gasteiger partial charge >= 0.3 is 0 Å². The third-order valence-electron chi connectivity index (χ3n) is 6.20. The van der Waals surface area contributed by atoms with Crippen molar-refractivity contribution >= 4 is 43.9 Å². The maximum Gasteiger partial charge on any atom is 0.294 e. The average Bonchev–Trinajstić information content (AvgIpc) is 2.87. The van der Waals surface area contributed by atoms with Crippen LogP contribution < -0.4 is 4.90 Å². The van der Waals surface area contributed by atoms with Crippen LogP contribution in [0.4, 0.5) is 11.4 Å². The number of hydrogen-bond donors (Lipinski definition) is 3. The Kier molecular flexibility index (Phi) is 7.23. The lowest BCUT2D eigenvalue weighted by Gasteiger charge is -2.43. The zero-order chi connectivity index (χ0) is 25.5. The fraction of sp³-hybridized carbons (Fsp3) is 0.280. The lowest BCUT2D eigenvalue weighted by Crippen LogP contribution is -2.40. The molecule has 4 rings (SSSR count). The highest BCUT2D eigenvalue weighted by Crippen LogP contribution is 2.60. The summed E-state index contributed by atoms with van der Waals surface area (Å²) in [5.41, 5.74) is 2.33. The number of fused-ring (bicyclic) bond motifs is 1. The van der Waals surface area contributed by atoms with E-state index in [0.717, 1.165) is 12.1 Å². The molecule has 0 aromatic heterocycles. The van der Waals surface area contributed by atoms with Gasteiger partial charge in [0.15, 0.2) is 0 Å². The van der Waals surface area contributed by atoms with E-state index in [0.29, 0.717) is 39.2 Å². The summed E-state index contributed by atoms with van der Waals surface area (Å²) >= 11 is 6.71. The zero-order valence-electron chi connectivity index (χ0n) is 19.7. The number of anilines is 2. The van der Waals surface area contributed by atoms with E-state index in [1.165, 1.54) is 18.2 Å². The molecule has 0 fully saturated rings. The van der Waals surface area contributed by atoms with E-state index in [2.05, 4.69) is 13.8 Å². The highest BCUT2D eigenvalue weighted by Gasteiger charge is 2.38. The van der Waals surface area contributed by atoms with Crippen LogP contribution in [0.5, 0.6) is 0 Å². The largest absolute Gasteiger partial charge is 0.338 e. The topological polar surface area (TPSA) is 101 Å². The van der Waals surface area contributed by atoms with Crippen LogP contribution in [0, 0.1) is 5.92 Å². The predicted molar refractivity (Wildman–Crippen MR) is 142 cm³/mol. The summed E-state index contributed by atoms with van der Waals surface area (Å²) in [7, 11) is -6.11. The quantitative estimate of drug-likeness (QED) is 0.309. The monoisotopic (exact) mass is 536 g/mol. The Balaban J connectivity index is 1.95. The fourth-order valence-electron chi connectivity index (χ4n) is 4.43. The molecule has 0 bridgehead atoms. The molecule has 0 spiro atoms. The minimum absolute atomic E-state index is 0.155. The van der Waals surface area contributed by atoms with E-state index in [-0.39, 0.29) is 10.9 Å². The van der Waals surface area contributed by atoms with Gasteiger partial charge in [0.25, 0.3) is 10.1 Å². The van der Waals surface area contributed by atoms with E-state index in [1.54, 1.807) is 29.6 Å². The number of likely N-dealkylation sites (N-methyl/N-ethyl adjacent to an activating group) is 1. The Bertz CT molecular complexity index is 1330. The molecule has 3 aromatic carbocycles. The van der Waals surface area contributed by atoms with Gasteiger partial charge in [0.05, 0.1) is 20.5 Å². The molecular weight excluding hydrogens is 508 g/mol. The van der Waals surface area contributed by atoms with Crippen molar-refractivity contribution < 1.29 is 22.1 Å². The number of para-hydroxylation sites is 1. The highest BCUT2D eigenvalue weighted by molar-refractivity contribution is 8.22. The van der Waals surface area contributed by atoms with E-state index < -0.39 is 20.9 Å². The Morgan fingerprint density at radius 3 is 2.37 bits per heavy atom. The third-order valence-corrected chi connectivity index (χ3v) is 9.38. The Hall–Kier alpha value is -2.11. The molecule has 188 valence electrons. The van der Waals surface area contributed by atoms with Crippen molar-refractivity contribution in [3.8, 4) is 11.1 Å². The van der Waals surface area contributed by atoms with Gasteiger partial charge < -0.3 is 4.90 Å². The second-order valence-corrected chi connectivity index (χ2v) is 13.0. The molecule has 0 saturated heterocycles. The van der Waals surface area contributed by atoms with Gasteiger partial charge in [-0.15, -0.1) is 10.8 Å². The first-order valence-electron chi connectivity index (χ1n) is 11.1. The second kappa shape index (κ2) is 9.74. The molecule has 1 aliphatic rings. The van der Waals surface area contributed by atoms with Gasteiger partial charge in [-0.3, -0.25) is 13.7 Å². The average molecular weight is 537 g/mol. The van der Waals surface area contributed by atoms with Gasteiger partial charge in [-0.25, -0.2) is 4.31 Å². The first-order chi connectivity index (χ1) is 16.4. The minimum atomic E-state index is -4.42. The van der Waals surface area contributed by atoms with Crippen LogP contribution in [0.3, 0.4) is 0 Å². The van der Waals surface area contributed by atoms with Crippen molar-refractivity contribution in [3.05, 3.63) is 71.8 Å². The summed E-state index contributed by atoms with van der Waals surface area (Å²) in [6.45, 7) is 4.72. The zero-order valence-corrected chi connectivity index (χ0v) is 22.1. The Labute approximate surface area is 213 Å². The summed E-state index contributed by atoms with van der Waals surface area (Å²) in [5.74, 6) is 0.332. The molecule has 7 nitrogen and oxygen atoms in total. The molecule has 0 radical (unpaired) electrons. The van der Waals surface area contributed by atoms with Crippen LogP contribution in [0.2, 0.25) is 5.02 Å². The van der Waals surface area contributed by atoms with Crippen LogP contribution in [-0.4, -0.2) is 46.0 Å². The van der Waals surface area contributed by atoms with Gasteiger partial charge in [-0.1, -0.05) is 55.8 Å². The number of halogens is 1. The molecule has 3 N–H and O–H groups in total. The number of benzene rings is 3. The lowest BCUT2D eigenvalue weighted by atomic mass is 10.0. The number of rotatable bonds is 5. The van der Waals surface area contributed by atoms with Crippen LogP contribution in [0.1, 0.15) is 20.3 Å². The molecule has 1 unspecified atom stereocenters. The van der Waals surface area contributed by atoms with Crippen molar-refractivity contribution in [3.63, 3.8) is 0 Å². The highest BCUT2D eigenvalue weighted by atomic mass is 35.5. The van der Waals surface area contributed by atoms with Crippen LogP contribution in [0.25, 0.3) is 11.1 Å². The van der Waals surface area contributed by atoms with Crippen LogP contribution >= 0.6 is 22.4 Å². The van der Waals surface area contributed by atoms with E-state index in [4.69, 9.17) is 11.6 Å². The molecular formula is C25H29ClN2O5S2. The maximum atomic E-state index is 11.7. The molecule has 1 atom stereocenters. The Morgan fingerprint density at radius 1 is 1.06 bits per heavy atom. The van der Waals surface area contributed by atoms with Crippen molar-refractivity contribution in [1.82, 2.24) is 4.31 Å². The minimum Gasteiger partial charge on any atom is -0.338 e. The second-order valence-electron chi connectivity index (χ2n) is 9.10. The summed E-state index contributed by atoms with van der Waals surface area (Å²) in [5, 5.41) is 0.317. The van der Waals surface area contributed by atoms with Crippen LogP contribution in [0.15, 0.2) is 76.5 Å². The van der Waals surface area contributed by atoms with E-state index >= 15 is 0 Å². The summed E-state index contributed by atoms with van der Waals surface area (Å²) in [6, 6.07) is 18.6. The van der Waals surface area contributed by atoms with E-state index in [1.807, 2.05) is 35.2 Å². The smallest absolute Gasteiger partial charge is 0.294 e. The molecule has 0 amide bonds. The first-order valence-corrected chi connectivity index (χ1v) is 14.5. The first kappa shape index (κ1) is 26.0. The van der Waals surface area contributed by atoms with Crippen molar-refractivity contribution in [2.45, 2.75) is 36.1 Å². The molecule has 1 heterocycles. The number of nitrogens with zero attached hydrogens (tertiary/aromatic N) is 2. The van der Waals surface area contributed by atoms with E-state index in [9.17, 15) is 22.1 Å². The van der Waals surface area contributed by atoms with Gasteiger partial charge in [-0.2, -0.15) is 8.42 Å². The standard InChI is InChI=1S/C25H29ClN2O5S2/c1-17(2)12-20-16-28(19-9-5-4-6-10-19)24-15-23(26)22(14-25(24)34(29,30)27(20)3)18-8-7-11-21(13-18)35(31,32)33/h4-11,13-15,17,20,29-30H,12,16H2,1-3H3,(H,31,32,33). The lowest BCUT2D eigenvalue weighted by molar-refractivity contribution is 0.294. The van der Waals surface area contributed by atoms with Gasteiger partial charge in [-0.05, 0) is 54.3 Å². The SMILES string of the molecule is CC(C)CC1CN(c2ccccc2)c2cc(Cl)c(-c3cccc(S(=O)(=O)O)c3)cc2S(O)(O)N1C. The third kappa shape index (κ3) is 5.22. The van der Waals surface area contributed by atoms with Gasteiger partial charge in [0.1, 0.15) is 0 Å². The van der Waals surface area contributed by atoms with Crippen molar-refractivity contribution in [2.24, 2.45) is 5.92 Å². The molecule has 3 aromatic rings. The summed E-state index contributed by atoms with van der Waals surface area (Å²) < 4.78 is 57.6. The molecule has 35 heavy (non-hydrogen) atoms. The maximum absolute atomic E-state index is 11.7. The molecule has 10 heteroatoms. The van der Waals surface area contributed by atoms with Crippen molar-refractivity contribution in [1.29, 1.82) is 0 Å². The van der Waals surface area contributed by atoms with Gasteiger partial charge in [0, 0.05) is 30.9 Å². The normalized spacial score (nSPS) is 19.3. The van der Waals surface area contributed by atoms with Crippen LogP contribution in [-0.2, 0) is 10.1 Å². The molecule has 0 saturated carbocycles. The van der Waals surface area contributed by atoms with Gasteiger partial charge in [0.2, 0.25) is 0 Å². The Morgan fingerprint density at radius 2 is 1.74 bits per heavy atom. The summed E-state index contributed by atoms with van der Waals surface area (Å²) in [6.07, 6.45) is 0.751. The molecule has 1 aliphatic heterocycles. The molecule has 0 aliphatic carbocycles. The fourth-order valence-corrected chi connectivity index (χ4v) is 6.82. The van der Waals surface area contributed by atoms with Crippen molar-refractivity contribution in [2.75, 3.05) is 18.5 Å². The number of hydrogen-bond acceptors (Lipinski definition) is 6.